The van der Waals surface area contributed by atoms with Crippen LogP contribution in [0, 0.1) is 11.8 Å². The van der Waals surface area contributed by atoms with E-state index >= 15 is 0 Å². The molecule has 0 aromatic carbocycles. The predicted molar refractivity (Wildman–Crippen MR) is 74.9 cm³/mol. The number of amides is 2. The molecule has 5 nitrogen and oxygen atoms in total. The van der Waals surface area contributed by atoms with E-state index in [0.29, 0.717) is 17.6 Å². The Morgan fingerprint density at radius 2 is 2.26 bits per heavy atom. The van der Waals surface area contributed by atoms with E-state index in [1.165, 1.54) is 11.3 Å². The second kappa shape index (κ2) is 6.14. The molecule has 0 unspecified atom stereocenters. The Hall–Kier alpha value is -1.43. The molecule has 6 heteroatoms. The molecule has 104 valence electrons. The van der Waals surface area contributed by atoms with Crippen LogP contribution in [-0.4, -0.2) is 34.8 Å². The van der Waals surface area contributed by atoms with Crippen molar-refractivity contribution in [2.24, 2.45) is 11.8 Å². The van der Waals surface area contributed by atoms with Gasteiger partial charge in [-0.25, -0.2) is 4.98 Å². The Bertz CT molecular complexity index is 441. The molecule has 1 heterocycles. The molecule has 1 N–H and O–H groups in total. The van der Waals surface area contributed by atoms with Crippen LogP contribution in [0.3, 0.4) is 0 Å². The fraction of sp³-hybridized carbons (Fsp3) is 0.615. The van der Waals surface area contributed by atoms with Crippen LogP contribution in [0.5, 0.6) is 0 Å². The Balaban J connectivity index is 1.90. The third-order valence-electron chi connectivity index (χ3n) is 2.99. The third kappa shape index (κ3) is 4.31. The summed E-state index contributed by atoms with van der Waals surface area (Å²) in [7, 11) is 0. The molecule has 1 saturated carbocycles. The van der Waals surface area contributed by atoms with Crippen LogP contribution in [0.1, 0.15) is 26.7 Å². The summed E-state index contributed by atoms with van der Waals surface area (Å²) in [6.07, 6.45) is 3.97. The molecule has 1 aliphatic rings. The maximum Gasteiger partial charge on any atom is 0.245 e. The maximum atomic E-state index is 12.1. The molecule has 1 aromatic heterocycles. The van der Waals surface area contributed by atoms with Crippen molar-refractivity contribution in [3.63, 3.8) is 0 Å². The lowest BCUT2D eigenvalue weighted by atomic mass is 10.2. The first-order chi connectivity index (χ1) is 9.06. The summed E-state index contributed by atoms with van der Waals surface area (Å²) in [5.41, 5.74) is 0. The first-order valence-electron chi connectivity index (χ1n) is 6.54. The largest absolute Gasteiger partial charge is 0.333 e. The van der Waals surface area contributed by atoms with Crippen molar-refractivity contribution in [1.29, 1.82) is 0 Å². The van der Waals surface area contributed by atoms with Crippen LogP contribution >= 0.6 is 11.3 Å². The zero-order valence-electron chi connectivity index (χ0n) is 11.3. The lowest BCUT2D eigenvalue weighted by Gasteiger charge is -2.23. The second-order valence-corrected chi connectivity index (χ2v) is 6.10. The smallest absolute Gasteiger partial charge is 0.245 e. The van der Waals surface area contributed by atoms with E-state index in [4.69, 9.17) is 0 Å². The van der Waals surface area contributed by atoms with Gasteiger partial charge in [0.15, 0.2) is 5.13 Å². The Morgan fingerprint density at radius 3 is 2.79 bits per heavy atom. The van der Waals surface area contributed by atoms with Gasteiger partial charge in [-0.2, -0.15) is 0 Å². The van der Waals surface area contributed by atoms with Crippen molar-refractivity contribution in [1.82, 2.24) is 9.88 Å². The van der Waals surface area contributed by atoms with Crippen LogP contribution in [0.2, 0.25) is 0 Å². The van der Waals surface area contributed by atoms with Crippen LogP contribution in [0.25, 0.3) is 0 Å². The molecule has 0 saturated heterocycles. The van der Waals surface area contributed by atoms with Crippen molar-refractivity contribution in [3.8, 4) is 0 Å². The quantitative estimate of drug-likeness (QED) is 0.867. The van der Waals surface area contributed by atoms with Gasteiger partial charge in [0.1, 0.15) is 0 Å². The van der Waals surface area contributed by atoms with Crippen molar-refractivity contribution in [2.45, 2.75) is 26.7 Å². The van der Waals surface area contributed by atoms with Crippen LogP contribution in [0.15, 0.2) is 11.6 Å². The highest BCUT2D eigenvalue weighted by molar-refractivity contribution is 7.13. The van der Waals surface area contributed by atoms with E-state index < -0.39 is 0 Å². The van der Waals surface area contributed by atoms with Gasteiger partial charge < -0.3 is 10.2 Å². The van der Waals surface area contributed by atoms with Crippen molar-refractivity contribution in [2.75, 3.05) is 18.4 Å². The molecule has 1 aromatic rings. The molecular weight excluding hydrogens is 262 g/mol. The maximum absolute atomic E-state index is 12.1. The fourth-order valence-corrected chi connectivity index (χ4v) is 2.37. The number of nitrogens with zero attached hydrogens (tertiary/aromatic N) is 2. The number of anilines is 1. The molecule has 0 spiro atoms. The Morgan fingerprint density at radius 1 is 1.53 bits per heavy atom. The van der Waals surface area contributed by atoms with Crippen molar-refractivity contribution < 1.29 is 9.59 Å². The van der Waals surface area contributed by atoms with Gasteiger partial charge in [-0.1, -0.05) is 13.8 Å². The van der Waals surface area contributed by atoms with Crippen LogP contribution < -0.4 is 5.32 Å². The van der Waals surface area contributed by atoms with E-state index in [9.17, 15) is 9.59 Å². The number of carbonyl (C=O) groups is 2. The van der Waals surface area contributed by atoms with Crippen LogP contribution in [-0.2, 0) is 9.59 Å². The van der Waals surface area contributed by atoms with Crippen LogP contribution in [0.4, 0.5) is 5.13 Å². The molecule has 1 aliphatic carbocycles. The standard InChI is InChI=1S/C13H19N3O2S/c1-9(2)12(18)16(7-10-3-4-10)8-11(17)15-13-14-5-6-19-13/h5-6,9-10H,3-4,7-8H2,1-2H3,(H,14,15,17). The SMILES string of the molecule is CC(C)C(=O)N(CC(=O)Nc1nccs1)CC1CC1. The molecule has 2 amide bonds. The summed E-state index contributed by atoms with van der Waals surface area (Å²) in [6.45, 7) is 4.54. The van der Waals surface area contributed by atoms with Gasteiger partial charge in [0.25, 0.3) is 0 Å². The zero-order valence-corrected chi connectivity index (χ0v) is 12.1. The van der Waals surface area contributed by atoms with Gasteiger partial charge in [0, 0.05) is 24.0 Å². The molecule has 2 rings (SSSR count). The van der Waals surface area contributed by atoms with Crippen molar-refractivity contribution in [3.05, 3.63) is 11.6 Å². The molecule has 1 fully saturated rings. The predicted octanol–water partition coefficient (Wildman–Crippen LogP) is 1.98. The van der Waals surface area contributed by atoms with E-state index in [1.54, 1.807) is 16.5 Å². The van der Waals surface area contributed by atoms with Gasteiger partial charge in [-0.15, -0.1) is 11.3 Å². The molecule has 0 bridgehead atoms. The minimum atomic E-state index is -0.176. The highest BCUT2D eigenvalue weighted by atomic mass is 32.1. The Labute approximate surface area is 117 Å². The highest BCUT2D eigenvalue weighted by Gasteiger charge is 2.28. The average Bonchev–Trinajstić information content (AvgIpc) is 3.02. The fourth-order valence-electron chi connectivity index (χ4n) is 1.83. The van der Waals surface area contributed by atoms with E-state index in [2.05, 4.69) is 10.3 Å². The van der Waals surface area contributed by atoms with Gasteiger partial charge in [-0.05, 0) is 18.8 Å². The first kappa shape index (κ1) is 14.0. The minimum Gasteiger partial charge on any atom is -0.333 e. The molecule has 0 aliphatic heterocycles. The lowest BCUT2D eigenvalue weighted by molar-refractivity contribution is -0.137. The third-order valence-corrected chi connectivity index (χ3v) is 3.68. The summed E-state index contributed by atoms with van der Waals surface area (Å²) < 4.78 is 0. The monoisotopic (exact) mass is 281 g/mol. The Kier molecular flexibility index (Phi) is 4.52. The zero-order chi connectivity index (χ0) is 13.8. The number of aromatic nitrogens is 1. The number of thiazole rings is 1. The first-order valence-corrected chi connectivity index (χ1v) is 7.42. The molecule has 0 radical (unpaired) electrons. The van der Waals surface area contributed by atoms with Gasteiger partial charge in [0.2, 0.25) is 11.8 Å². The lowest BCUT2D eigenvalue weighted by Crippen LogP contribution is -2.41. The van der Waals surface area contributed by atoms with Gasteiger partial charge in [0.05, 0.1) is 6.54 Å². The van der Waals surface area contributed by atoms with Gasteiger partial charge >= 0.3 is 0 Å². The van der Waals surface area contributed by atoms with Crippen molar-refractivity contribution >= 4 is 28.3 Å². The van der Waals surface area contributed by atoms with E-state index in [0.717, 1.165) is 12.8 Å². The summed E-state index contributed by atoms with van der Waals surface area (Å²) in [5.74, 6) is 0.368. The number of hydrogen-bond acceptors (Lipinski definition) is 4. The molecule has 0 atom stereocenters. The summed E-state index contributed by atoms with van der Waals surface area (Å²) in [5, 5.41) is 5.09. The van der Waals surface area contributed by atoms with Gasteiger partial charge in [-0.3, -0.25) is 9.59 Å². The minimum absolute atomic E-state index is 0.0428. The number of hydrogen-bond donors (Lipinski definition) is 1. The normalized spacial score (nSPS) is 14.5. The summed E-state index contributed by atoms with van der Waals surface area (Å²) in [6, 6.07) is 0. The number of rotatable bonds is 6. The topological polar surface area (TPSA) is 62.3 Å². The average molecular weight is 281 g/mol. The molecule has 19 heavy (non-hydrogen) atoms. The summed E-state index contributed by atoms with van der Waals surface area (Å²) >= 11 is 1.37. The highest BCUT2D eigenvalue weighted by Crippen LogP contribution is 2.30. The molecular formula is C13H19N3O2S. The number of carbonyl (C=O) groups excluding carboxylic acids is 2. The second-order valence-electron chi connectivity index (χ2n) is 5.20. The number of nitrogens with one attached hydrogen (secondary N) is 1. The van der Waals surface area contributed by atoms with E-state index in [1.807, 2.05) is 13.8 Å². The summed E-state index contributed by atoms with van der Waals surface area (Å²) in [4.78, 5) is 29.7. The van der Waals surface area contributed by atoms with E-state index in [-0.39, 0.29) is 24.3 Å².